The average molecular weight is 570 g/mol. The summed E-state index contributed by atoms with van der Waals surface area (Å²) in [4.78, 5) is 62.9. The van der Waals surface area contributed by atoms with Crippen molar-refractivity contribution in [3.8, 4) is 0 Å². The molecule has 2 aromatic rings. The molecule has 0 spiro atoms. The van der Waals surface area contributed by atoms with Crippen LogP contribution in [0.1, 0.15) is 50.7 Å². The molecule has 0 radical (unpaired) electrons. The van der Waals surface area contributed by atoms with E-state index in [1.807, 2.05) is 44.2 Å². The highest BCUT2D eigenvalue weighted by atomic mass is 19.1. The fraction of sp³-hybridized carbons (Fsp3) is 0.452. The molecule has 0 saturated heterocycles. The van der Waals surface area contributed by atoms with Gasteiger partial charge in [0.25, 0.3) is 0 Å². The van der Waals surface area contributed by atoms with E-state index < -0.39 is 41.6 Å². The second-order valence-corrected chi connectivity index (χ2v) is 10.5. The molecule has 2 unspecified atom stereocenters. The lowest BCUT2D eigenvalue weighted by Gasteiger charge is -2.21. The number of hydrogen-bond acceptors (Lipinski definition) is 7. The lowest BCUT2D eigenvalue weighted by atomic mass is 9.89. The Balaban J connectivity index is 1.91. The van der Waals surface area contributed by atoms with Crippen LogP contribution in [0.25, 0.3) is 0 Å². The van der Waals surface area contributed by atoms with E-state index in [0.29, 0.717) is 12.0 Å². The molecule has 0 aliphatic carbocycles. The summed E-state index contributed by atoms with van der Waals surface area (Å²) in [7, 11) is 1.28. The molecule has 4 N–H and O–H groups in total. The molecule has 2 aromatic carbocycles. The molecule has 9 nitrogen and oxygen atoms in total. The van der Waals surface area contributed by atoms with Crippen LogP contribution in [-0.2, 0) is 41.6 Å². The van der Waals surface area contributed by atoms with Gasteiger partial charge in [-0.1, -0.05) is 56.3 Å². The van der Waals surface area contributed by atoms with Gasteiger partial charge in [0.15, 0.2) is 11.6 Å². The number of esters is 1. The summed E-state index contributed by atoms with van der Waals surface area (Å²) in [6.07, 6.45) is 0.472. The van der Waals surface area contributed by atoms with Crippen LogP contribution in [0.2, 0.25) is 0 Å². The summed E-state index contributed by atoms with van der Waals surface area (Å²) in [5, 5.41) is 5.19. The number of carbonyl (C=O) groups is 5. The highest BCUT2D eigenvalue weighted by Gasteiger charge is 2.29. The predicted molar refractivity (Wildman–Crippen MR) is 152 cm³/mol. The average Bonchev–Trinajstić information content (AvgIpc) is 2.95. The minimum atomic E-state index is -0.925. The number of halogens is 1. The van der Waals surface area contributed by atoms with Gasteiger partial charge in [0, 0.05) is 19.3 Å². The zero-order valence-corrected chi connectivity index (χ0v) is 23.9. The van der Waals surface area contributed by atoms with Gasteiger partial charge in [0.2, 0.25) is 11.8 Å². The molecule has 0 aliphatic rings. The van der Waals surface area contributed by atoms with Crippen LogP contribution in [0.3, 0.4) is 0 Å². The number of ketones is 2. The third-order valence-corrected chi connectivity index (χ3v) is 6.54. The van der Waals surface area contributed by atoms with Gasteiger partial charge < -0.3 is 21.1 Å². The summed E-state index contributed by atoms with van der Waals surface area (Å²) in [5.41, 5.74) is 7.40. The van der Waals surface area contributed by atoms with E-state index in [-0.39, 0.29) is 56.1 Å². The zero-order valence-electron chi connectivity index (χ0n) is 23.9. The Kier molecular flexibility index (Phi) is 13.8. The predicted octanol–water partition coefficient (Wildman–Crippen LogP) is 2.68. The van der Waals surface area contributed by atoms with Crippen LogP contribution in [0.4, 0.5) is 4.39 Å². The SMILES string of the molecule is COC(=O)C(CC(=O)C(Cc1ccccc1)NC(=O)CCC(=O)CNC(=O)[C@H](N)Cc1ccc(F)cc1)CC(C)C. The number of rotatable bonds is 17. The van der Waals surface area contributed by atoms with Crippen LogP contribution in [0, 0.1) is 17.7 Å². The lowest BCUT2D eigenvalue weighted by molar-refractivity contribution is -0.148. The van der Waals surface area contributed by atoms with Gasteiger partial charge in [0.1, 0.15) is 5.82 Å². The first-order valence-electron chi connectivity index (χ1n) is 13.7. The molecule has 2 rings (SSSR count). The van der Waals surface area contributed by atoms with E-state index in [1.54, 1.807) is 0 Å². The summed E-state index contributed by atoms with van der Waals surface area (Å²) in [5.74, 6) is -3.04. The second kappa shape index (κ2) is 17.0. The molecule has 10 heteroatoms. The number of benzene rings is 2. The number of amides is 2. The number of nitrogens with two attached hydrogens (primary N) is 1. The Hall–Kier alpha value is -3.92. The summed E-state index contributed by atoms with van der Waals surface area (Å²) in [6.45, 7) is 3.59. The number of ether oxygens (including phenoxy) is 1. The third kappa shape index (κ3) is 12.4. The molecule has 0 aliphatic heterocycles. The fourth-order valence-electron chi connectivity index (χ4n) is 4.37. The van der Waals surface area contributed by atoms with Crippen LogP contribution in [0.5, 0.6) is 0 Å². The first-order valence-corrected chi connectivity index (χ1v) is 13.7. The summed E-state index contributed by atoms with van der Waals surface area (Å²) in [6, 6.07) is 13.0. The monoisotopic (exact) mass is 569 g/mol. The molecule has 0 heterocycles. The van der Waals surface area contributed by atoms with Crippen molar-refractivity contribution in [1.29, 1.82) is 0 Å². The Morgan fingerprint density at radius 3 is 2.15 bits per heavy atom. The van der Waals surface area contributed by atoms with E-state index in [2.05, 4.69) is 10.6 Å². The second-order valence-electron chi connectivity index (χ2n) is 10.5. The van der Waals surface area contributed by atoms with E-state index in [0.717, 1.165) is 5.56 Å². The minimum Gasteiger partial charge on any atom is -0.469 e. The van der Waals surface area contributed by atoms with E-state index in [4.69, 9.17) is 10.5 Å². The van der Waals surface area contributed by atoms with Crippen molar-refractivity contribution in [3.63, 3.8) is 0 Å². The van der Waals surface area contributed by atoms with Crippen molar-refractivity contribution in [2.24, 2.45) is 17.6 Å². The standard InChI is InChI=1S/C31H40FN3O6/c1-20(2)15-23(31(40)41-3)18-28(37)27(17-21-7-5-4-6-8-21)35-29(38)14-13-25(36)19-34-30(39)26(33)16-22-9-11-24(32)12-10-22/h4-12,20,23,26-27H,13-19,33H2,1-3H3,(H,34,39)(H,35,38)/t23?,26-,27?/m1/s1. The molecule has 0 bridgehead atoms. The largest absolute Gasteiger partial charge is 0.469 e. The van der Waals surface area contributed by atoms with Crippen LogP contribution in [-0.4, -0.2) is 55.1 Å². The van der Waals surface area contributed by atoms with Crippen LogP contribution >= 0.6 is 0 Å². The molecule has 2 amide bonds. The highest BCUT2D eigenvalue weighted by Crippen LogP contribution is 2.19. The van der Waals surface area contributed by atoms with Gasteiger partial charge in [-0.15, -0.1) is 0 Å². The van der Waals surface area contributed by atoms with E-state index in [9.17, 15) is 28.4 Å². The Bertz CT molecular complexity index is 1170. The van der Waals surface area contributed by atoms with Crippen molar-refractivity contribution in [3.05, 3.63) is 71.5 Å². The third-order valence-electron chi connectivity index (χ3n) is 6.54. The quantitative estimate of drug-likeness (QED) is 0.249. The van der Waals surface area contributed by atoms with Gasteiger partial charge in [-0.05, 0) is 48.4 Å². The molecule has 0 fully saturated rings. The molecule has 0 saturated carbocycles. The number of carbonyl (C=O) groups excluding carboxylic acids is 5. The molecule has 41 heavy (non-hydrogen) atoms. The highest BCUT2D eigenvalue weighted by molar-refractivity contribution is 5.93. The first kappa shape index (κ1) is 33.3. The summed E-state index contributed by atoms with van der Waals surface area (Å²) < 4.78 is 17.9. The fourth-order valence-corrected chi connectivity index (χ4v) is 4.37. The Morgan fingerprint density at radius 2 is 1.54 bits per heavy atom. The van der Waals surface area contributed by atoms with Gasteiger partial charge in [-0.2, -0.15) is 0 Å². The number of methoxy groups -OCH3 is 1. The van der Waals surface area contributed by atoms with Gasteiger partial charge in [0.05, 0.1) is 31.7 Å². The normalized spacial score (nSPS) is 13.1. The molecule has 222 valence electrons. The Labute approximate surface area is 240 Å². The Morgan fingerprint density at radius 1 is 0.902 bits per heavy atom. The van der Waals surface area contributed by atoms with Crippen molar-refractivity contribution in [2.45, 2.75) is 64.5 Å². The number of hydrogen-bond donors (Lipinski definition) is 3. The van der Waals surface area contributed by atoms with E-state index >= 15 is 0 Å². The first-order chi connectivity index (χ1) is 19.5. The van der Waals surface area contributed by atoms with Crippen LogP contribution in [0.15, 0.2) is 54.6 Å². The number of Topliss-reactive ketones (excluding diaryl/α,β-unsaturated/α-hetero) is 2. The van der Waals surface area contributed by atoms with Gasteiger partial charge >= 0.3 is 5.97 Å². The van der Waals surface area contributed by atoms with Gasteiger partial charge in [-0.3, -0.25) is 24.0 Å². The van der Waals surface area contributed by atoms with Crippen molar-refractivity contribution >= 4 is 29.4 Å². The molecule has 3 atom stereocenters. The lowest BCUT2D eigenvalue weighted by Crippen LogP contribution is -2.44. The van der Waals surface area contributed by atoms with Crippen LogP contribution < -0.4 is 16.4 Å². The topological polar surface area (TPSA) is 145 Å². The van der Waals surface area contributed by atoms with Crippen molar-refractivity contribution in [2.75, 3.05) is 13.7 Å². The summed E-state index contributed by atoms with van der Waals surface area (Å²) >= 11 is 0. The molecular weight excluding hydrogens is 529 g/mol. The molecule has 0 aromatic heterocycles. The number of nitrogens with one attached hydrogen (secondary N) is 2. The van der Waals surface area contributed by atoms with Crippen molar-refractivity contribution < 1.29 is 33.1 Å². The van der Waals surface area contributed by atoms with Gasteiger partial charge in [-0.25, -0.2) is 4.39 Å². The van der Waals surface area contributed by atoms with Crippen molar-refractivity contribution in [1.82, 2.24) is 10.6 Å². The smallest absolute Gasteiger partial charge is 0.309 e. The molecular formula is C31H40FN3O6. The maximum absolute atomic E-state index is 13.3. The zero-order chi connectivity index (χ0) is 30.4. The maximum Gasteiger partial charge on any atom is 0.309 e. The maximum atomic E-state index is 13.3. The minimum absolute atomic E-state index is 0.0776. The van der Waals surface area contributed by atoms with E-state index in [1.165, 1.54) is 31.4 Å².